The molecule has 6 heteroatoms. The maximum absolute atomic E-state index is 13.8. The first-order chi connectivity index (χ1) is 9.99. The largest absolute Gasteiger partial charge is 0.478 e. The monoisotopic (exact) mass is 294 g/mol. The average Bonchev–Trinajstić information content (AvgIpc) is 2.49. The number of nitrogens with zero attached hydrogens (tertiary/aromatic N) is 1. The Morgan fingerprint density at radius 1 is 1.29 bits per heavy atom. The first kappa shape index (κ1) is 15.3. The van der Waals surface area contributed by atoms with Crippen molar-refractivity contribution in [1.82, 2.24) is 4.90 Å². The molecule has 1 saturated carbocycles. The maximum Gasteiger partial charge on any atom is 0.335 e. The third-order valence-corrected chi connectivity index (χ3v) is 3.90. The fourth-order valence-electron chi connectivity index (χ4n) is 2.59. The van der Waals surface area contributed by atoms with Crippen molar-refractivity contribution in [3.05, 3.63) is 29.6 Å². The van der Waals surface area contributed by atoms with E-state index in [4.69, 9.17) is 5.11 Å². The van der Waals surface area contributed by atoms with E-state index in [9.17, 15) is 14.0 Å². The third kappa shape index (κ3) is 3.71. The Kier molecular flexibility index (Phi) is 4.77. The summed E-state index contributed by atoms with van der Waals surface area (Å²) in [7, 11) is 1.70. The van der Waals surface area contributed by atoms with Crippen molar-refractivity contribution in [2.24, 2.45) is 0 Å². The molecular weight excluding hydrogens is 275 g/mol. The molecule has 0 radical (unpaired) electrons. The van der Waals surface area contributed by atoms with Gasteiger partial charge in [-0.15, -0.1) is 0 Å². The Balaban J connectivity index is 2.03. The molecule has 2 N–H and O–H groups in total. The zero-order chi connectivity index (χ0) is 15.4. The van der Waals surface area contributed by atoms with Crippen LogP contribution >= 0.6 is 0 Å². The Bertz CT molecular complexity index is 542. The number of nitrogens with one attached hydrogen (secondary N) is 1. The van der Waals surface area contributed by atoms with Crippen LogP contribution in [0.15, 0.2) is 18.2 Å². The number of carboxylic acids is 1. The average molecular weight is 294 g/mol. The summed E-state index contributed by atoms with van der Waals surface area (Å²) in [6, 6.07) is 3.25. The number of anilines is 1. The van der Waals surface area contributed by atoms with Gasteiger partial charge in [-0.3, -0.25) is 0 Å². The summed E-state index contributed by atoms with van der Waals surface area (Å²) in [6.45, 7) is 0. The maximum atomic E-state index is 13.8. The highest BCUT2D eigenvalue weighted by molar-refractivity contribution is 5.91. The van der Waals surface area contributed by atoms with Gasteiger partial charge in [-0.25, -0.2) is 14.0 Å². The van der Waals surface area contributed by atoms with E-state index in [1.165, 1.54) is 18.6 Å². The molecule has 0 heterocycles. The minimum absolute atomic E-state index is 0.00680. The smallest absolute Gasteiger partial charge is 0.335 e. The number of amides is 2. The van der Waals surface area contributed by atoms with Gasteiger partial charge in [-0.05, 0) is 31.0 Å². The van der Waals surface area contributed by atoms with Gasteiger partial charge in [0.05, 0.1) is 11.3 Å². The van der Waals surface area contributed by atoms with Gasteiger partial charge >= 0.3 is 12.0 Å². The number of aromatic carboxylic acids is 1. The Hall–Kier alpha value is -2.11. The molecule has 5 nitrogen and oxygen atoms in total. The predicted molar refractivity (Wildman–Crippen MR) is 77.0 cm³/mol. The van der Waals surface area contributed by atoms with Crippen molar-refractivity contribution >= 4 is 17.7 Å². The number of rotatable bonds is 3. The molecule has 0 saturated heterocycles. The van der Waals surface area contributed by atoms with Crippen LogP contribution in [-0.2, 0) is 0 Å². The van der Waals surface area contributed by atoms with E-state index < -0.39 is 11.8 Å². The first-order valence-electron chi connectivity index (χ1n) is 7.05. The van der Waals surface area contributed by atoms with Crippen molar-refractivity contribution in [1.29, 1.82) is 0 Å². The number of carbonyl (C=O) groups excluding carboxylic acids is 1. The number of halogens is 1. The fourth-order valence-corrected chi connectivity index (χ4v) is 2.59. The summed E-state index contributed by atoms with van der Waals surface area (Å²) in [4.78, 5) is 24.5. The van der Waals surface area contributed by atoms with Crippen LogP contribution in [0, 0.1) is 5.82 Å². The lowest BCUT2D eigenvalue weighted by Gasteiger charge is -2.31. The highest BCUT2D eigenvalue weighted by atomic mass is 19.1. The second-order valence-corrected chi connectivity index (χ2v) is 5.33. The van der Waals surface area contributed by atoms with Crippen molar-refractivity contribution in [2.75, 3.05) is 12.4 Å². The van der Waals surface area contributed by atoms with Gasteiger partial charge in [0.1, 0.15) is 5.82 Å². The fraction of sp³-hybridized carbons (Fsp3) is 0.467. The zero-order valence-electron chi connectivity index (χ0n) is 11.9. The molecule has 1 aliphatic carbocycles. The van der Waals surface area contributed by atoms with E-state index in [0.717, 1.165) is 31.7 Å². The molecule has 1 aliphatic rings. The van der Waals surface area contributed by atoms with E-state index in [-0.39, 0.29) is 23.3 Å². The highest BCUT2D eigenvalue weighted by Crippen LogP contribution is 2.23. The Morgan fingerprint density at radius 3 is 2.52 bits per heavy atom. The molecule has 0 aliphatic heterocycles. The van der Waals surface area contributed by atoms with Crippen LogP contribution in [0.25, 0.3) is 0 Å². The molecule has 0 atom stereocenters. The molecular formula is C15H19FN2O3. The molecule has 1 aromatic carbocycles. The topological polar surface area (TPSA) is 69.6 Å². The molecule has 1 aromatic rings. The third-order valence-electron chi connectivity index (χ3n) is 3.90. The van der Waals surface area contributed by atoms with Gasteiger partial charge < -0.3 is 15.3 Å². The molecule has 1 fully saturated rings. The van der Waals surface area contributed by atoms with Crippen molar-refractivity contribution < 1.29 is 19.1 Å². The van der Waals surface area contributed by atoms with Crippen LogP contribution in [-0.4, -0.2) is 35.1 Å². The number of benzene rings is 1. The van der Waals surface area contributed by atoms with E-state index in [2.05, 4.69) is 5.32 Å². The summed E-state index contributed by atoms with van der Waals surface area (Å²) in [5.41, 5.74) is -0.154. The van der Waals surface area contributed by atoms with Gasteiger partial charge in [-0.1, -0.05) is 19.3 Å². The minimum atomic E-state index is -1.20. The van der Waals surface area contributed by atoms with E-state index in [0.29, 0.717) is 0 Å². The summed E-state index contributed by atoms with van der Waals surface area (Å²) < 4.78 is 13.8. The quantitative estimate of drug-likeness (QED) is 0.898. The van der Waals surface area contributed by atoms with Crippen LogP contribution in [0.2, 0.25) is 0 Å². The lowest BCUT2D eigenvalue weighted by molar-refractivity contribution is 0.0696. The SMILES string of the molecule is CN(C(=O)Nc1ccc(C(=O)O)cc1F)C1CCCCC1. The van der Waals surface area contributed by atoms with E-state index in [1.807, 2.05) is 0 Å². The molecule has 0 spiro atoms. The number of carboxylic acid groups (broad SMARTS) is 1. The predicted octanol–water partition coefficient (Wildman–Crippen LogP) is 3.32. The van der Waals surface area contributed by atoms with Crippen molar-refractivity contribution in [2.45, 2.75) is 38.1 Å². The molecule has 0 aromatic heterocycles. The molecule has 2 rings (SSSR count). The Morgan fingerprint density at radius 2 is 1.95 bits per heavy atom. The van der Waals surface area contributed by atoms with Crippen LogP contribution in [0.4, 0.5) is 14.9 Å². The summed E-state index contributed by atoms with van der Waals surface area (Å²) in [5.74, 6) is -1.95. The van der Waals surface area contributed by atoms with E-state index in [1.54, 1.807) is 11.9 Å². The molecule has 0 unspecified atom stereocenters. The van der Waals surface area contributed by atoms with Gasteiger partial charge in [0.15, 0.2) is 0 Å². The van der Waals surface area contributed by atoms with Crippen LogP contribution < -0.4 is 5.32 Å². The summed E-state index contributed by atoms with van der Waals surface area (Å²) in [5, 5.41) is 11.3. The summed E-state index contributed by atoms with van der Waals surface area (Å²) >= 11 is 0. The molecule has 0 bridgehead atoms. The lowest BCUT2D eigenvalue weighted by atomic mass is 9.95. The number of urea groups is 1. The second kappa shape index (κ2) is 6.56. The molecule has 114 valence electrons. The van der Waals surface area contributed by atoms with Gasteiger partial charge in [0, 0.05) is 13.1 Å². The second-order valence-electron chi connectivity index (χ2n) is 5.33. The summed E-state index contributed by atoms with van der Waals surface area (Å²) in [6.07, 6.45) is 5.32. The lowest BCUT2D eigenvalue weighted by Crippen LogP contribution is -2.41. The van der Waals surface area contributed by atoms with Crippen LogP contribution in [0.3, 0.4) is 0 Å². The normalized spacial score (nSPS) is 15.5. The first-order valence-corrected chi connectivity index (χ1v) is 7.05. The number of hydrogen-bond acceptors (Lipinski definition) is 2. The minimum Gasteiger partial charge on any atom is -0.478 e. The van der Waals surface area contributed by atoms with Gasteiger partial charge in [-0.2, -0.15) is 0 Å². The highest BCUT2D eigenvalue weighted by Gasteiger charge is 2.22. The van der Waals surface area contributed by atoms with E-state index >= 15 is 0 Å². The standard InChI is InChI=1S/C15H19FN2O3/c1-18(11-5-3-2-4-6-11)15(21)17-13-8-7-10(14(19)20)9-12(13)16/h7-9,11H,2-6H2,1H3,(H,17,21)(H,19,20). The number of hydrogen-bond donors (Lipinski definition) is 2. The van der Waals surface area contributed by atoms with Crippen LogP contribution in [0.1, 0.15) is 42.5 Å². The van der Waals surface area contributed by atoms with Crippen molar-refractivity contribution in [3.8, 4) is 0 Å². The van der Waals surface area contributed by atoms with Gasteiger partial charge in [0.25, 0.3) is 0 Å². The molecule has 2 amide bonds. The molecule has 21 heavy (non-hydrogen) atoms. The van der Waals surface area contributed by atoms with Crippen molar-refractivity contribution in [3.63, 3.8) is 0 Å². The van der Waals surface area contributed by atoms with Crippen LogP contribution in [0.5, 0.6) is 0 Å². The van der Waals surface area contributed by atoms with Gasteiger partial charge in [0.2, 0.25) is 0 Å². The number of carbonyl (C=O) groups is 2. The zero-order valence-corrected chi connectivity index (χ0v) is 11.9. The Labute approximate surface area is 122 Å².